The van der Waals surface area contributed by atoms with Crippen LogP contribution in [0.5, 0.6) is 0 Å². The lowest BCUT2D eigenvalue weighted by atomic mass is 10.1. The highest BCUT2D eigenvalue weighted by molar-refractivity contribution is 6.30. The summed E-state index contributed by atoms with van der Waals surface area (Å²) in [7, 11) is 0. The highest BCUT2D eigenvalue weighted by Gasteiger charge is 2.44. The topological polar surface area (TPSA) is 41.1 Å². The summed E-state index contributed by atoms with van der Waals surface area (Å²) in [5.74, 6) is 0.703. The van der Waals surface area contributed by atoms with Crippen molar-refractivity contribution in [3.8, 4) is 0 Å². The van der Waals surface area contributed by atoms with E-state index in [4.69, 9.17) is 11.6 Å². The van der Waals surface area contributed by atoms with Crippen LogP contribution < -0.4 is 5.32 Å². The molecule has 1 saturated heterocycles. The van der Waals surface area contributed by atoms with E-state index >= 15 is 0 Å². The van der Waals surface area contributed by atoms with E-state index < -0.39 is 0 Å². The number of aromatic nitrogens is 2. The molecule has 1 aromatic rings. The minimum absolute atomic E-state index is 0.213. The van der Waals surface area contributed by atoms with Gasteiger partial charge in [-0.15, -0.1) is 0 Å². The predicted octanol–water partition coefficient (Wildman–Crippen LogP) is 2.56. The molecular formula is C13H19ClN4. The van der Waals surface area contributed by atoms with Gasteiger partial charge in [0.25, 0.3) is 0 Å². The van der Waals surface area contributed by atoms with E-state index in [1.807, 2.05) is 0 Å². The van der Waals surface area contributed by atoms with E-state index in [1.165, 1.54) is 45.2 Å². The van der Waals surface area contributed by atoms with Crippen LogP contribution in [0.2, 0.25) is 5.02 Å². The van der Waals surface area contributed by atoms with Crippen LogP contribution in [0.25, 0.3) is 0 Å². The molecule has 0 aromatic carbocycles. The molecule has 18 heavy (non-hydrogen) atoms. The fraction of sp³-hybridized carbons (Fsp3) is 0.692. The van der Waals surface area contributed by atoms with Crippen LogP contribution >= 0.6 is 11.6 Å². The van der Waals surface area contributed by atoms with Crippen molar-refractivity contribution in [1.29, 1.82) is 0 Å². The minimum atomic E-state index is 0.213. The minimum Gasteiger partial charge on any atom is -0.347 e. The summed E-state index contributed by atoms with van der Waals surface area (Å²) in [6, 6.07) is 0. The van der Waals surface area contributed by atoms with Crippen LogP contribution in [0.1, 0.15) is 32.1 Å². The van der Waals surface area contributed by atoms with Crippen molar-refractivity contribution < 1.29 is 0 Å². The molecule has 2 fully saturated rings. The van der Waals surface area contributed by atoms with Gasteiger partial charge in [-0.05, 0) is 38.8 Å². The number of nitrogens with one attached hydrogen (secondary N) is 1. The fourth-order valence-corrected chi connectivity index (χ4v) is 2.73. The smallest absolute Gasteiger partial charge is 0.223 e. The highest BCUT2D eigenvalue weighted by Crippen LogP contribution is 2.39. The molecule has 5 heteroatoms. The first kappa shape index (κ1) is 12.2. The van der Waals surface area contributed by atoms with Crippen LogP contribution in [0.15, 0.2) is 12.4 Å². The molecule has 4 nitrogen and oxygen atoms in total. The monoisotopic (exact) mass is 266 g/mol. The molecule has 1 aromatic heterocycles. The lowest BCUT2D eigenvalue weighted by Gasteiger charge is -2.30. The summed E-state index contributed by atoms with van der Waals surface area (Å²) in [4.78, 5) is 11.0. The molecule has 0 spiro atoms. The lowest BCUT2D eigenvalue weighted by Crippen LogP contribution is -2.41. The van der Waals surface area contributed by atoms with Crippen molar-refractivity contribution in [2.75, 3.05) is 25.0 Å². The summed E-state index contributed by atoms with van der Waals surface area (Å²) in [5, 5.41) is 4.07. The number of nitrogens with zero attached hydrogens (tertiary/aromatic N) is 3. The lowest BCUT2D eigenvalue weighted by molar-refractivity contribution is 0.215. The van der Waals surface area contributed by atoms with Crippen LogP contribution in [-0.4, -0.2) is 40.0 Å². The van der Waals surface area contributed by atoms with E-state index in [0.29, 0.717) is 11.0 Å². The standard InChI is InChI=1S/C13H19ClN4/c14-11-8-15-12(16-9-11)17-13(4-5-13)10-18-6-2-1-3-7-18/h8-9H,1-7,10H2,(H,15,16,17). The van der Waals surface area contributed by atoms with E-state index in [2.05, 4.69) is 20.2 Å². The Labute approximate surface area is 113 Å². The molecule has 2 heterocycles. The SMILES string of the molecule is Clc1cnc(NC2(CN3CCCCC3)CC2)nc1. The Morgan fingerprint density at radius 2 is 1.83 bits per heavy atom. The Morgan fingerprint density at radius 1 is 1.17 bits per heavy atom. The Bertz CT molecular complexity index is 396. The third kappa shape index (κ3) is 2.93. The number of likely N-dealkylation sites (tertiary alicyclic amines) is 1. The van der Waals surface area contributed by atoms with Crippen molar-refractivity contribution in [2.45, 2.75) is 37.6 Å². The van der Waals surface area contributed by atoms with Gasteiger partial charge >= 0.3 is 0 Å². The number of hydrogen-bond donors (Lipinski definition) is 1. The third-order valence-corrected chi connectivity index (χ3v) is 4.02. The Balaban J connectivity index is 1.59. The quantitative estimate of drug-likeness (QED) is 0.909. The van der Waals surface area contributed by atoms with Crippen molar-refractivity contribution in [3.05, 3.63) is 17.4 Å². The fourth-order valence-electron chi connectivity index (χ4n) is 2.63. The zero-order valence-electron chi connectivity index (χ0n) is 10.5. The normalized spacial score (nSPS) is 22.7. The second-order valence-electron chi connectivity index (χ2n) is 5.47. The number of piperidine rings is 1. The average molecular weight is 267 g/mol. The van der Waals surface area contributed by atoms with E-state index in [-0.39, 0.29) is 5.54 Å². The van der Waals surface area contributed by atoms with Crippen LogP contribution in [0.3, 0.4) is 0 Å². The molecule has 1 saturated carbocycles. The van der Waals surface area contributed by atoms with Gasteiger partial charge in [-0.25, -0.2) is 9.97 Å². The Kier molecular flexibility index (Phi) is 3.39. The third-order valence-electron chi connectivity index (χ3n) is 3.83. The summed E-state index contributed by atoms with van der Waals surface area (Å²) < 4.78 is 0. The summed E-state index contributed by atoms with van der Waals surface area (Å²) >= 11 is 5.79. The molecule has 0 bridgehead atoms. The molecule has 3 rings (SSSR count). The zero-order valence-corrected chi connectivity index (χ0v) is 11.3. The van der Waals surface area contributed by atoms with Crippen LogP contribution in [0.4, 0.5) is 5.95 Å². The maximum absolute atomic E-state index is 5.79. The van der Waals surface area contributed by atoms with Crippen LogP contribution in [-0.2, 0) is 0 Å². The zero-order chi connectivity index (χ0) is 12.4. The first-order chi connectivity index (χ1) is 8.76. The Morgan fingerprint density at radius 3 is 2.44 bits per heavy atom. The number of rotatable bonds is 4. The van der Waals surface area contributed by atoms with E-state index in [0.717, 1.165) is 6.54 Å². The molecular weight excluding hydrogens is 248 g/mol. The average Bonchev–Trinajstić information content (AvgIpc) is 3.13. The van der Waals surface area contributed by atoms with Crippen molar-refractivity contribution >= 4 is 17.5 Å². The highest BCUT2D eigenvalue weighted by atomic mass is 35.5. The number of halogens is 1. The number of anilines is 1. The van der Waals surface area contributed by atoms with Gasteiger partial charge < -0.3 is 10.2 Å². The second kappa shape index (κ2) is 5.02. The van der Waals surface area contributed by atoms with Crippen molar-refractivity contribution in [2.24, 2.45) is 0 Å². The molecule has 2 aliphatic rings. The molecule has 1 aliphatic carbocycles. The maximum atomic E-state index is 5.79. The largest absolute Gasteiger partial charge is 0.347 e. The van der Waals surface area contributed by atoms with Gasteiger partial charge in [0.2, 0.25) is 5.95 Å². The molecule has 1 aliphatic heterocycles. The van der Waals surface area contributed by atoms with Gasteiger partial charge in [0.15, 0.2) is 0 Å². The molecule has 0 unspecified atom stereocenters. The second-order valence-corrected chi connectivity index (χ2v) is 5.90. The molecule has 0 atom stereocenters. The molecule has 0 amide bonds. The first-order valence-electron chi connectivity index (χ1n) is 6.74. The predicted molar refractivity (Wildman–Crippen MR) is 72.9 cm³/mol. The van der Waals surface area contributed by atoms with Gasteiger partial charge in [-0.1, -0.05) is 18.0 Å². The molecule has 98 valence electrons. The van der Waals surface area contributed by atoms with Crippen LogP contribution in [0, 0.1) is 0 Å². The maximum Gasteiger partial charge on any atom is 0.223 e. The molecule has 1 N–H and O–H groups in total. The summed E-state index contributed by atoms with van der Waals surface area (Å²) in [5.41, 5.74) is 0.213. The summed E-state index contributed by atoms with van der Waals surface area (Å²) in [6.45, 7) is 3.61. The van der Waals surface area contributed by atoms with Gasteiger partial charge in [0, 0.05) is 6.54 Å². The van der Waals surface area contributed by atoms with Gasteiger partial charge in [-0.2, -0.15) is 0 Å². The van der Waals surface area contributed by atoms with E-state index in [1.54, 1.807) is 12.4 Å². The first-order valence-corrected chi connectivity index (χ1v) is 7.12. The Hall–Kier alpha value is -0.870. The van der Waals surface area contributed by atoms with Gasteiger partial charge in [0.05, 0.1) is 23.0 Å². The van der Waals surface area contributed by atoms with Crippen molar-refractivity contribution in [1.82, 2.24) is 14.9 Å². The van der Waals surface area contributed by atoms with E-state index in [9.17, 15) is 0 Å². The van der Waals surface area contributed by atoms with Gasteiger partial charge in [-0.3, -0.25) is 0 Å². The van der Waals surface area contributed by atoms with Crippen molar-refractivity contribution in [3.63, 3.8) is 0 Å². The molecule has 0 radical (unpaired) electrons. The van der Waals surface area contributed by atoms with Gasteiger partial charge in [0.1, 0.15) is 0 Å². The number of hydrogen-bond acceptors (Lipinski definition) is 4. The summed E-state index contributed by atoms with van der Waals surface area (Å²) in [6.07, 6.45) is 9.80.